The summed E-state index contributed by atoms with van der Waals surface area (Å²) in [6.07, 6.45) is 0. The smallest absolute Gasteiger partial charge is 0.168 e. The standard InChI is InChI=1S/C18H13N3/c1-2-7-14(8-3-1)17-18(20-21-19-17)16-11-10-13-6-4-5-9-15(13)12-16/h1-12H,(H,19,20,21)/p+1. The van der Waals surface area contributed by atoms with Gasteiger partial charge in [0.05, 0.1) is 0 Å². The largest absolute Gasteiger partial charge is 0.256 e. The average molecular weight is 272 g/mol. The van der Waals surface area contributed by atoms with Gasteiger partial charge in [0.25, 0.3) is 5.69 Å². The van der Waals surface area contributed by atoms with Crippen LogP contribution in [0.2, 0.25) is 0 Å². The Morgan fingerprint density at radius 1 is 0.714 bits per heavy atom. The third kappa shape index (κ3) is 2.09. The first kappa shape index (κ1) is 11.9. The monoisotopic (exact) mass is 272 g/mol. The Labute approximate surface area is 122 Å². The van der Waals surface area contributed by atoms with E-state index in [4.69, 9.17) is 0 Å². The molecule has 0 aliphatic carbocycles. The molecule has 3 aromatic carbocycles. The highest BCUT2D eigenvalue weighted by Gasteiger charge is 2.19. The Hall–Kier alpha value is -2.94. The molecule has 2 N–H and O–H groups in total. The first-order valence-electron chi connectivity index (χ1n) is 6.92. The maximum Gasteiger partial charge on any atom is 0.256 e. The Morgan fingerprint density at radius 3 is 2.33 bits per heavy atom. The maximum absolute atomic E-state index is 4.36. The van der Waals surface area contributed by atoms with Crippen LogP contribution in [0.4, 0.5) is 0 Å². The molecule has 1 aromatic heterocycles. The van der Waals surface area contributed by atoms with E-state index in [1.165, 1.54) is 10.8 Å². The first-order valence-corrected chi connectivity index (χ1v) is 6.92. The maximum atomic E-state index is 4.36. The zero-order chi connectivity index (χ0) is 14.1. The van der Waals surface area contributed by atoms with Gasteiger partial charge in [0, 0.05) is 16.2 Å². The molecule has 21 heavy (non-hydrogen) atoms. The van der Waals surface area contributed by atoms with Crippen LogP contribution in [-0.4, -0.2) is 10.3 Å². The van der Waals surface area contributed by atoms with Crippen molar-refractivity contribution in [2.75, 3.05) is 0 Å². The molecular formula is C18H14N3+. The number of rotatable bonds is 2. The summed E-state index contributed by atoms with van der Waals surface area (Å²) in [6.45, 7) is 0. The van der Waals surface area contributed by atoms with Crippen molar-refractivity contribution in [2.24, 2.45) is 0 Å². The zero-order valence-electron chi connectivity index (χ0n) is 11.4. The van der Waals surface area contributed by atoms with E-state index in [-0.39, 0.29) is 0 Å². The fraction of sp³-hybridized carbons (Fsp3) is 0. The van der Waals surface area contributed by atoms with Crippen molar-refractivity contribution in [3.63, 3.8) is 0 Å². The summed E-state index contributed by atoms with van der Waals surface area (Å²) < 4.78 is 0. The highest BCUT2D eigenvalue weighted by molar-refractivity contribution is 5.88. The number of aromatic nitrogens is 3. The van der Waals surface area contributed by atoms with E-state index < -0.39 is 0 Å². The van der Waals surface area contributed by atoms with Crippen molar-refractivity contribution in [1.29, 1.82) is 0 Å². The van der Waals surface area contributed by atoms with E-state index >= 15 is 0 Å². The van der Waals surface area contributed by atoms with Gasteiger partial charge in [-0.3, -0.25) is 0 Å². The van der Waals surface area contributed by atoms with Crippen molar-refractivity contribution in [2.45, 2.75) is 0 Å². The van der Waals surface area contributed by atoms with Crippen LogP contribution < -0.4 is 5.10 Å². The van der Waals surface area contributed by atoms with E-state index in [1.807, 2.05) is 18.2 Å². The quantitative estimate of drug-likeness (QED) is 0.594. The summed E-state index contributed by atoms with van der Waals surface area (Å²) in [5.41, 5.74) is 4.16. The van der Waals surface area contributed by atoms with Gasteiger partial charge in [0.1, 0.15) is 0 Å². The number of benzene rings is 3. The number of nitrogens with zero attached hydrogens (tertiary/aromatic N) is 1. The van der Waals surface area contributed by atoms with Crippen molar-refractivity contribution in [3.05, 3.63) is 72.8 Å². The summed E-state index contributed by atoms with van der Waals surface area (Å²) in [7, 11) is 0. The van der Waals surface area contributed by atoms with E-state index in [0.717, 1.165) is 22.5 Å². The molecule has 0 amide bonds. The number of hydrogen-bond acceptors (Lipinski definition) is 1. The van der Waals surface area contributed by atoms with Crippen molar-refractivity contribution in [3.8, 4) is 22.5 Å². The normalized spacial score (nSPS) is 10.9. The van der Waals surface area contributed by atoms with Gasteiger partial charge in [0.2, 0.25) is 5.69 Å². The molecule has 0 spiro atoms. The highest BCUT2D eigenvalue weighted by atomic mass is 15.3. The lowest BCUT2D eigenvalue weighted by molar-refractivity contribution is -0.443. The number of H-pyrrole nitrogens is 2. The molecule has 0 unspecified atom stereocenters. The Morgan fingerprint density at radius 2 is 1.48 bits per heavy atom. The lowest BCUT2D eigenvalue weighted by Gasteiger charge is -2.00. The van der Waals surface area contributed by atoms with E-state index in [1.54, 1.807) is 0 Å². The first-order chi connectivity index (χ1) is 10.4. The van der Waals surface area contributed by atoms with Gasteiger partial charge in [-0.15, -0.1) is 0 Å². The second-order valence-corrected chi connectivity index (χ2v) is 5.00. The summed E-state index contributed by atoms with van der Waals surface area (Å²) in [4.78, 5) is 0. The molecule has 100 valence electrons. The van der Waals surface area contributed by atoms with Crippen LogP contribution in [0, 0.1) is 0 Å². The zero-order valence-corrected chi connectivity index (χ0v) is 11.4. The molecule has 0 radical (unpaired) electrons. The van der Waals surface area contributed by atoms with Crippen molar-refractivity contribution < 1.29 is 5.10 Å². The molecule has 0 aliphatic rings. The van der Waals surface area contributed by atoms with E-state index in [2.05, 4.69) is 70.0 Å². The highest BCUT2D eigenvalue weighted by Crippen LogP contribution is 2.28. The van der Waals surface area contributed by atoms with Gasteiger partial charge in [-0.05, 0) is 22.9 Å². The molecule has 3 nitrogen and oxygen atoms in total. The molecule has 0 atom stereocenters. The minimum atomic E-state index is 0.936. The molecule has 4 rings (SSSR count). The minimum absolute atomic E-state index is 0.936. The van der Waals surface area contributed by atoms with Crippen LogP contribution in [-0.2, 0) is 0 Å². The molecule has 1 heterocycles. The van der Waals surface area contributed by atoms with E-state index in [0.29, 0.717) is 0 Å². The Bertz CT molecular complexity index is 894. The molecule has 0 bridgehead atoms. The average Bonchev–Trinajstić information content (AvgIpc) is 3.05. The Kier molecular flexibility index (Phi) is 2.75. The number of fused-ring (bicyclic) bond motifs is 1. The molecule has 0 saturated heterocycles. The van der Waals surface area contributed by atoms with Crippen molar-refractivity contribution in [1.82, 2.24) is 10.3 Å². The summed E-state index contributed by atoms with van der Waals surface area (Å²) >= 11 is 0. The lowest BCUT2D eigenvalue weighted by Crippen LogP contribution is -2.05. The number of nitrogens with one attached hydrogen (secondary N) is 2. The third-order valence-corrected chi connectivity index (χ3v) is 3.67. The predicted molar refractivity (Wildman–Crippen MR) is 83.5 cm³/mol. The molecule has 4 aromatic rings. The van der Waals surface area contributed by atoms with Gasteiger partial charge < -0.3 is 0 Å². The van der Waals surface area contributed by atoms with Gasteiger partial charge in [-0.25, -0.2) is 0 Å². The fourth-order valence-electron chi connectivity index (χ4n) is 2.61. The Balaban J connectivity index is 1.88. The molecular weight excluding hydrogens is 258 g/mol. The molecule has 3 heteroatoms. The van der Waals surface area contributed by atoms with Crippen LogP contribution in [0.15, 0.2) is 72.8 Å². The lowest BCUT2D eigenvalue weighted by atomic mass is 10.0. The van der Waals surface area contributed by atoms with E-state index in [9.17, 15) is 0 Å². The van der Waals surface area contributed by atoms with Gasteiger partial charge in [-0.2, -0.15) is 5.10 Å². The molecule has 0 aliphatic heterocycles. The van der Waals surface area contributed by atoms with Crippen LogP contribution in [0.5, 0.6) is 0 Å². The van der Waals surface area contributed by atoms with Crippen LogP contribution in [0.1, 0.15) is 0 Å². The molecule has 0 fully saturated rings. The number of hydrogen-bond donors (Lipinski definition) is 1. The predicted octanol–water partition coefficient (Wildman–Crippen LogP) is 3.71. The summed E-state index contributed by atoms with van der Waals surface area (Å²) in [5.74, 6) is 0. The number of aromatic amines is 2. The summed E-state index contributed by atoms with van der Waals surface area (Å²) in [5, 5.41) is 12.8. The SMILES string of the molecule is c1ccc(-c2n[nH][nH+]c2-c2ccc3ccccc3c2)cc1. The van der Waals surface area contributed by atoms with Crippen LogP contribution in [0.3, 0.4) is 0 Å². The van der Waals surface area contributed by atoms with Crippen molar-refractivity contribution >= 4 is 10.8 Å². The van der Waals surface area contributed by atoms with Crippen LogP contribution >= 0.6 is 0 Å². The summed E-state index contributed by atoms with van der Waals surface area (Å²) in [6, 6.07) is 25.0. The van der Waals surface area contributed by atoms with Gasteiger partial charge in [0.15, 0.2) is 0 Å². The molecule has 0 saturated carbocycles. The third-order valence-electron chi connectivity index (χ3n) is 3.67. The van der Waals surface area contributed by atoms with Crippen LogP contribution in [0.25, 0.3) is 33.3 Å². The minimum Gasteiger partial charge on any atom is -0.168 e. The second kappa shape index (κ2) is 4.87. The topological polar surface area (TPSA) is 42.8 Å². The van der Waals surface area contributed by atoms with Gasteiger partial charge >= 0.3 is 0 Å². The van der Waals surface area contributed by atoms with Gasteiger partial charge in [-0.1, -0.05) is 65.9 Å². The second-order valence-electron chi connectivity index (χ2n) is 5.00. The fourth-order valence-corrected chi connectivity index (χ4v) is 2.61.